The van der Waals surface area contributed by atoms with Gasteiger partial charge in [-0.05, 0) is 5.75 Å². The summed E-state index contributed by atoms with van der Waals surface area (Å²) in [6, 6.07) is 0. The summed E-state index contributed by atoms with van der Waals surface area (Å²) in [5.74, 6) is 0.971. The lowest BCUT2D eigenvalue weighted by molar-refractivity contribution is 1.53. The van der Waals surface area contributed by atoms with Crippen molar-refractivity contribution in [1.29, 1.82) is 0 Å². The zero-order chi connectivity index (χ0) is 5.70. The maximum absolute atomic E-state index is 5.12. The molecule has 0 aliphatic rings. The Morgan fingerprint density at radius 1 is 2.00 bits per heavy atom. The molecule has 0 aromatic rings. The molecular formula is C3H6ClNS2. The Kier molecular flexibility index (Phi) is 5.04. The van der Waals surface area contributed by atoms with Crippen molar-refractivity contribution >= 4 is 40.1 Å². The minimum atomic E-state index is 0.643. The fourth-order valence-electron chi connectivity index (χ4n) is 0.158. The Balaban J connectivity index is 3.00. The molecule has 0 aromatic carbocycles. The van der Waals surface area contributed by atoms with E-state index in [2.05, 4.69) is 17.1 Å². The van der Waals surface area contributed by atoms with Crippen molar-refractivity contribution in [2.45, 2.75) is 6.92 Å². The molecule has 0 rings (SSSR count). The standard InChI is InChI=1S/C3H6ClNS2/c1-2-7-3(6)5-4/h2H2,1H3,(H,5,6). The van der Waals surface area contributed by atoms with Gasteiger partial charge in [0.25, 0.3) is 0 Å². The van der Waals surface area contributed by atoms with Gasteiger partial charge in [-0.3, -0.25) is 4.84 Å². The van der Waals surface area contributed by atoms with Gasteiger partial charge in [-0.25, -0.2) is 0 Å². The molecule has 4 heteroatoms. The van der Waals surface area contributed by atoms with Crippen LogP contribution in [0.25, 0.3) is 0 Å². The molecule has 0 fully saturated rings. The van der Waals surface area contributed by atoms with Crippen molar-refractivity contribution in [3.8, 4) is 0 Å². The van der Waals surface area contributed by atoms with E-state index < -0.39 is 0 Å². The Morgan fingerprint density at radius 3 is 2.71 bits per heavy atom. The van der Waals surface area contributed by atoms with Gasteiger partial charge in [0.05, 0.1) is 0 Å². The van der Waals surface area contributed by atoms with Gasteiger partial charge in [0, 0.05) is 11.8 Å². The highest BCUT2D eigenvalue weighted by molar-refractivity contribution is 8.23. The lowest BCUT2D eigenvalue weighted by Crippen LogP contribution is -2.03. The van der Waals surface area contributed by atoms with Crippen LogP contribution in [-0.4, -0.2) is 10.1 Å². The third-order valence-electron chi connectivity index (χ3n) is 0.353. The van der Waals surface area contributed by atoms with Gasteiger partial charge in [0.1, 0.15) is 4.32 Å². The highest BCUT2D eigenvalue weighted by atomic mass is 35.5. The summed E-state index contributed by atoms with van der Waals surface area (Å²) in [5.41, 5.74) is 0. The molecule has 0 amide bonds. The molecule has 1 N–H and O–H groups in total. The first-order valence-electron chi connectivity index (χ1n) is 1.84. The maximum Gasteiger partial charge on any atom is 0.148 e. The molecule has 0 aliphatic carbocycles. The van der Waals surface area contributed by atoms with E-state index in [1.54, 1.807) is 0 Å². The summed E-state index contributed by atoms with van der Waals surface area (Å²) in [4.78, 5) is 2.33. The molecule has 0 unspecified atom stereocenters. The number of hydrogen-bond donors (Lipinski definition) is 1. The van der Waals surface area contributed by atoms with E-state index in [0.717, 1.165) is 5.75 Å². The monoisotopic (exact) mass is 155 g/mol. The second-order valence-corrected chi connectivity index (χ2v) is 2.94. The van der Waals surface area contributed by atoms with E-state index in [0.29, 0.717) is 4.32 Å². The topological polar surface area (TPSA) is 12.0 Å². The lowest BCUT2D eigenvalue weighted by atomic mass is 11.0. The van der Waals surface area contributed by atoms with Crippen molar-refractivity contribution in [3.05, 3.63) is 0 Å². The molecule has 0 spiro atoms. The Hall–Kier alpha value is 0.530. The van der Waals surface area contributed by atoms with Gasteiger partial charge in [-0.2, -0.15) is 0 Å². The smallest absolute Gasteiger partial charge is 0.148 e. The number of thioether (sulfide) groups is 1. The molecule has 0 aliphatic heterocycles. The molecule has 0 saturated carbocycles. The van der Waals surface area contributed by atoms with Crippen LogP contribution in [0.1, 0.15) is 6.92 Å². The van der Waals surface area contributed by atoms with E-state index >= 15 is 0 Å². The first-order valence-corrected chi connectivity index (χ1v) is 3.61. The Labute approximate surface area is 57.9 Å². The molecule has 1 nitrogen and oxygen atoms in total. The number of hydrogen-bond acceptors (Lipinski definition) is 2. The van der Waals surface area contributed by atoms with Crippen molar-refractivity contribution in [1.82, 2.24) is 4.84 Å². The minimum Gasteiger partial charge on any atom is -0.283 e. The van der Waals surface area contributed by atoms with Gasteiger partial charge >= 0.3 is 0 Å². The average Bonchev–Trinajstić information content (AvgIpc) is 1.68. The van der Waals surface area contributed by atoms with Crippen LogP contribution >= 0.6 is 35.8 Å². The largest absolute Gasteiger partial charge is 0.283 e. The summed E-state index contributed by atoms with van der Waals surface area (Å²) in [6.45, 7) is 2.02. The molecule has 7 heavy (non-hydrogen) atoms. The van der Waals surface area contributed by atoms with Gasteiger partial charge in [0.2, 0.25) is 0 Å². The molecule has 42 valence electrons. The summed E-state index contributed by atoms with van der Waals surface area (Å²) in [6.07, 6.45) is 0. The maximum atomic E-state index is 5.12. The number of nitrogens with one attached hydrogen (secondary N) is 1. The van der Waals surface area contributed by atoms with Crippen molar-refractivity contribution < 1.29 is 0 Å². The molecule has 0 heterocycles. The van der Waals surface area contributed by atoms with Crippen LogP contribution in [0.4, 0.5) is 0 Å². The van der Waals surface area contributed by atoms with Crippen LogP contribution in [-0.2, 0) is 0 Å². The number of rotatable bonds is 1. The zero-order valence-corrected chi connectivity index (χ0v) is 6.29. The summed E-state index contributed by atoms with van der Waals surface area (Å²) < 4.78 is 0.643. The molecule has 0 saturated heterocycles. The first kappa shape index (κ1) is 7.53. The van der Waals surface area contributed by atoms with Crippen LogP contribution in [0.2, 0.25) is 0 Å². The number of halogens is 1. The molecule has 0 radical (unpaired) electrons. The van der Waals surface area contributed by atoms with E-state index in [1.807, 2.05) is 6.92 Å². The first-order chi connectivity index (χ1) is 3.31. The van der Waals surface area contributed by atoms with E-state index in [9.17, 15) is 0 Å². The SMILES string of the molecule is CCSC(=S)NCl. The second kappa shape index (κ2) is 4.68. The van der Waals surface area contributed by atoms with Crippen LogP contribution in [0.15, 0.2) is 0 Å². The lowest BCUT2D eigenvalue weighted by Gasteiger charge is -1.92. The van der Waals surface area contributed by atoms with Gasteiger partial charge in [-0.15, -0.1) is 0 Å². The van der Waals surface area contributed by atoms with E-state index in [4.69, 9.17) is 11.8 Å². The predicted octanol–water partition coefficient (Wildman–Crippen LogP) is 1.77. The van der Waals surface area contributed by atoms with Gasteiger partial charge < -0.3 is 0 Å². The van der Waals surface area contributed by atoms with Crippen molar-refractivity contribution in [2.75, 3.05) is 5.75 Å². The van der Waals surface area contributed by atoms with Gasteiger partial charge in [0.15, 0.2) is 0 Å². The fourth-order valence-corrected chi connectivity index (χ4v) is 0.992. The van der Waals surface area contributed by atoms with E-state index in [-0.39, 0.29) is 0 Å². The zero-order valence-electron chi connectivity index (χ0n) is 3.90. The highest BCUT2D eigenvalue weighted by Crippen LogP contribution is 1.99. The molecule has 0 aromatic heterocycles. The molecule has 0 atom stereocenters. The van der Waals surface area contributed by atoms with Crippen molar-refractivity contribution in [2.24, 2.45) is 0 Å². The highest BCUT2D eigenvalue weighted by Gasteiger charge is 1.86. The van der Waals surface area contributed by atoms with Crippen LogP contribution in [0.3, 0.4) is 0 Å². The van der Waals surface area contributed by atoms with Crippen LogP contribution in [0.5, 0.6) is 0 Å². The Morgan fingerprint density at radius 2 is 2.57 bits per heavy atom. The summed E-state index contributed by atoms with van der Waals surface area (Å²) in [5, 5.41) is 0. The summed E-state index contributed by atoms with van der Waals surface area (Å²) in [7, 11) is 0. The minimum absolute atomic E-state index is 0.643. The van der Waals surface area contributed by atoms with Crippen LogP contribution < -0.4 is 4.84 Å². The normalized spacial score (nSPS) is 8.29. The fraction of sp³-hybridized carbons (Fsp3) is 0.667. The third kappa shape index (κ3) is 4.38. The average molecular weight is 156 g/mol. The van der Waals surface area contributed by atoms with Crippen LogP contribution in [0, 0.1) is 0 Å². The molecule has 0 bridgehead atoms. The quantitative estimate of drug-likeness (QED) is 0.458. The summed E-state index contributed by atoms with van der Waals surface area (Å²) >= 11 is 11.3. The number of thiocarbonyl (C=S) groups is 1. The van der Waals surface area contributed by atoms with Crippen molar-refractivity contribution in [3.63, 3.8) is 0 Å². The van der Waals surface area contributed by atoms with E-state index in [1.165, 1.54) is 11.8 Å². The molecular weight excluding hydrogens is 150 g/mol. The van der Waals surface area contributed by atoms with Gasteiger partial charge in [-0.1, -0.05) is 30.9 Å². The Bertz CT molecular complexity index is 66.0. The third-order valence-corrected chi connectivity index (χ3v) is 1.87. The predicted molar refractivity (Wildman–Crippen MR) is 39.7 cm³/mol. The second-order valence-electron chi connectivity index (χ2n) is 0.815.